The van der Waals surface area contributed by atoms with Gasteiger partial charge < -0.3 is 20.1 Å². The molecule has 0 bridgehead atoms. The predicted molar refractivity (Wildman–Crippen MR) is 94.9 cm³/mol. The summed E-state index contributed by atoms with van der Waals surface area (Å²) in [6.07, 6.45) is 0.449. The van der Waals surface area contributed by atoms with E-state index in [-0.39, 0.29) is 12.5 Å². The highest BCUT2D eigenvalue weighted by Gasteiger charge is 2.22. The summed E-state index contributed by atoms with van der Waals surface area (Å²) in [7, 11) is 1.49. The van der Waals surface area contributed by atoms with Gasteiger partial charge in [0.2, 0.25) is 0 Å². The third-order valence-electron chi connectivity index (χ3n) is 4.01. The number of rotatable bonds is 8. The minimum atomic E-state index is -0.562. The molecule has 7 nitrogen and oxygen atoms in total. The highest BCUT2D eigenvalue weighted by molar-refractivity contribution is 6.30. The van der Waals surface area contributed by atoms with Crippen molar-refractivity contribution in [3.63, 3.8) is 0 Å². The molecule has 0 saturated carbocycles. The van der Waals surface area contributed by atoms with E-state index in [1.54, 1.807) is 12.1 Å². The molecule has 1 aliphatic heterocycles. The van der Waals surface area contributed by atoms with E-state index < -0.39 is 6.09 Å². The van der Waals surface area contributed by atoms with E-state index >= 15 is 0 Å². The molecule has 1 aromatic carbocycles. The first-order chi connectivity index (χ1) is 12.1. The number of halogens is 1. The number of nitrogens with zero attached hydrogens (tertiary/aromatic N) is 1. The summed E-state index contributed by atoms with van der Waals surface area (Å²) in [4.78, 5) is 24.8. The van der Waals surface area contributed by atoms with Crippen LogP contribution in [0.25, 0.3) is 0 Å². The number of alkyl carbamates (subject to hydrolysis) is 1. The summed E-state index contributed by atoms with van der Waals surface area (Å²) in [5, 5.41) is 5.78. The quantitative estimate of drug-likeness (QED) is 0.726. The zero-order valence-electron chi connectivity index (χ0n) is 14.3. The van der Waals surface area contributed by atoms with Gasteiger partial charge in [-0.25, -0.2) is 4.79 Å². The van der Waals surface area contributed by atoms with Crippen LogP contribution in [-0.2, 0) is 9.53 Å². The zero-order chi connectivity index (χ0) is 18.1. The first kappa shape index (κ1) is 19.3. The molecule has 1 aromatic rings. The van der Waals surface area contributed by atoms with Gasteiger partial charge in [-0.1, -0.05) is 11.6 Å². The number of ether oxygens (including phenoxy) is 2. The second-order valence-corrected chi connectivity index (χ2v) is 6.32. The van der Waals surface area contributed by atoms with Crippen LogP contribution in [0, 0.1) is 5.92 Å². The normalized spacial score (nSPS) is 17.1. The van der Waals surface area contributed by atoms with Crippen molar-refractivity contribution < 1.29 is 19.1 Å². The van der Waals surface area contributed by atoms with Gasteiger partial charge in [0.1, 0.15) is 12.4 Å². The Morgan fingerprint density at radius 2 is 2.08 bits per heavy atom. The lowest BCUT2D eigenvalue weighted by Crippen LogP contribution is -2.34. The highest BCUT2D eigenvalue weighted by atomic mass is 35.5. The summed E-state index contributed by atoms with van der Waals surface area (Å²) in [6, 6.07) is 7.31. The fourth-order valence-electron chi connectivity index (χ4n) is 2.59. The van der Waals surface area contributed by atoms with Crippen LogP contribution in [0.5, 0.6) is 5.75 Å². The Labute approximate surface area is 152 Å². The topological polar surface area (TPSA) is 79.9 Å². The van der Waals surface area contributed by atoms with Crippen LogP contribution in [0.15, 0.2) is 24.3 Å². The Balaban J connectivity index is 1.57. The number of carbonyl (C=O) groups is 2. The van der Waals surface area contributed by atoms with E-state index in [0.717, 1.165) is 31.8 Å². The molecule has 0 aliphatic carbocycles. The van der Waals surface area contributed by atoms with Crippen molar-refractivity contribution in [2.45, 2.75) is 6.42 Å². The van der Waals surface area contributed by atoms with Crippen molar-refractivity contribution in [3.05, 3.63) is 29.3 Å². The van der Waals surface area contributed by atoms with Gasteiger partial charge in [0, 0.05) is 31.7 Å². The first-order valence-corrected chi connectivity index (χ1v) is 8.66. The van der Waals surface area contributed by atoms with Crippen molar-refractivity contribution in [2.24, 2.45) is 5.92 Å². The van der Waals surface area contributed by atoms with Gasteiger partial charge >= 0.3 is 6.09 Å². The van der Waals surface area contributed by atoms with E-state index in [1.807, 2.05) is 12.1 Å². The summed E-state index contributed by atoms with van der Waals surface area (Å²) >= 11 is 5.84. The lowest BCUT2D eigenvalue weighted by molar-refractivity contribution is -0.123. The zero-order valence-corrected chi connectivity index (χ0v) is 15.1. The van der Waals surface area contributed by atoms with E-state index in [2.05, 4.69) is 15.5 Å². The molecule has 25 heavy (non-hydrogen) atoms. The van der Waals surface area contributed by atoms with Gasteiger partial charge in [-0.3, -0.25) is 9.69 Å². The third-order valence-corrected chi connectivity index (χ3v) is 4.26. The fraction of sp³-hybridized carbons (Fsp3) is 0.529. The second-order valence-electron chi connectivity index (χ2n) is 5.89. The van der Waals surface area contributed by atoms with Gasteiger partial charge in [0.05, 0.1) is 0 Å². The third kappa shape index (κ3) is 7.19. The molecule has 2 rings (SSSR count). The molecule has 1 atom stereocenters. The smallest absolute Gasteiger partial charge is 0.407 e. The Kier molecular flexibility index (Phi) is 7.81. The minimum absolute atomic E-state index is 0.263. The van der Waals surface area contributed by atoms with Crippen molar-refractivity contribution in [1.82, 2.24) is 15.5 Å². The van der Waals surface area contributed by atoms with E-state index in [1.165, 1.54) is 7.05 Å². The minimum Gasteiger partial charge on any atom is -0.492 e. The van der Waals surface area contributed by atoms with Crippen LogP contribution in [0.4, 0.5) is 4.79 Å². The van der Waals surface area contributed by atoms with Gasteiger partial charge in [-0.05, 0) is 43.1 Å². The lowest BCUT2D eigenvalue weighted by atomic mass is 10.1. The molecule has 1 unspecified atom stereocenters. The number of hydrogen-bond donors (Lipinski definition) is 2. The first-order valence-electron chi connectivity index (χ1n) is 8.28. The molecule has 0 spiro atoms. The summed E-state index contributed by atoms with van der Waals surface area (Å²) < 4.78 is 10.5. The number of carbonyl (C=O) groups excluding carboxylic acids is 2. The standard InChI is InChI=1S/C17H24ClN3O4/c1-19-16(22)12-25-17(23)20-10-13-6-7-21(11-13)8-9-24-15-4-2-14(18)3-5-15/h2-5,13H,6-12H2,1H3,(H,19,22)(H,20,23). The largest absolute Gasteiger partial charge is 0.492 e. The van der Waals surface area contributed by atoms with Crippen LogP contribution in [0.2, 0.25) is 5.02 Å². The van der Waals surface area contributed by atoms with Crippen molar-refractivity contribution in [1.29, 1.82) is 0 Å². The molecular weight excluding hydrogens is 346 g/mol. The molecule has 1 fully saturated rings. The van der Waals surface area contributed by atoms with Gasteiger partial charge in [0.25, 0.3) is 5.91 Å². The molecule has 2 amide bonds. The molecule has 1 heterocycles. The molecule has 0 radical (unpaired) electrons. The van der Waals surface area contributed by atoms with Crippen LogP contribution >= 0.6 is 11.6 Å². The maximum atomic E-state index is 11.5. The summed E-state index contributed by atoms with van der Waals surface area (Å²) in [5.74, 6) is 0.853. The molecule has 138 valence electrons. The maximum Gasteiger partial charge on any atom is 0.407 e. The maximum absolute atomic E-state index is 11.5. The Morgan fingerprint density at radius 1 is 1.32 bits per heavy atom. The number of likely N-dealkylation sites (tertiary alicyclic amines) is 1. The van der Waals surface area contributed by atoms with Crippen molar-refractivity contribution >= 4 is 23.6 Å². The van der Waals surface area contributed by atoms with Gasteiger partial charge in [0.15, 0.2) is 6.61 Å². The Hall–Kier alpha value is -1.99. The monoisotopic (exact) mass is 369 g/mol. The number of nitrogens with one attached hydrogen (secondary N) is 2. The molecular formula is C17H24ClN3O4. The van der Waals surface area contributed by atoms with Crippen LogP contribution < -0.4 is 15.4 Å². The second kappa shape index (κ2) is 10.1. The molecule has 1 saturated heterocycles. The fourth-order valence-corrected chi connectivity index (χ4v) is 2.71. The number of amides is 2. The molecule has 1 aliphatic rings. The Morgan fingerprint density at radius 3 is 2.80 bits per heavy atom. The molecule has 2 N–H and O–H groups in total. The summed E-state index contributed by atoms with van der Waals surface area (Å²) in [5.41, 5.74) is 0. The van der Waals surface area contributed by atoms with Gasteiger partial charge in [-0.15, -0.1) is 0 Å². The number of hydrogen-bond acceptors (Lipinski definition) is 5. The van der Waals surface area contributed by atoms with E-state index in [9.17, 15) is 9.59 Å². The summed E-state index contributed by atoms with van der Waals surface area (Å²) in [6.45, 7) is 3.60. The Bertz CT molecular complexity index is 568. The van der Waals surface area contributed by atoms with Crippen molar-refractivity contribution in [2.75, 3.05) is 46.4 Å². The average molecular weight is 370 g/mol. The molecule has 0 aromatic heterocycles. The van der Waals surface area contributed by atoms with Crippen LogP contribution in [0.3, 0.4) is 0 Å². The van der Waals surface area contributed by atoms with E-state index in [4.69, 9.17) is 21.1 Å². The predicted octanol–water partition coefficient (Wildman–Crippen LogP) is 1.51. The SMILES string of the molecule is CNC(=O)COC(=O)NCC1CCN(CCOc2ccc(Cl)cc2)C1. The average Bonchev–Trinajstić information content (AvgIpc) is 3.07. The van der Waals surface area contributed by atoms with E-state index in [0.29, 0.717) is 24.1 Å². The number of benzene rings is 1. The lowest BCUT2D eigenvalue weighted by Gasteiger charge is -2.16. The molecule has 8 heteroatoms. The number of likely N-dealkylation sites (N-methyl/N-ethyl adjacent to an activating group) is 1. The van der Waals surface area contributed by atoms with Gasteiger partial charge in [-0.2, -0.15) is 0 Å². The van der Waals surface area contributed by atoms with Crippen molar-refractivity contribution in [3.8, 4) is 5.75 Å². The van der Waals surface area contributed by atoms with Crippen LogP contribution in [0.1, 0.15) is 6.42 Å². The highest BCUT2D eigenvalue weighted by Crippen LogP contribution is 2.17. The van der Waals surface area contributed by atoms with Crippen LogP contribution in [-0.4, -0.2) is 63.3 Å².